The number of carbonyl (C=O) groups is 3. The summed E-state index contributed by atoms with van der Waals surface area (Å²) in [4.78, 5) is 35.7. The molecule has 0 spiro atoms. The van der Waals surface area contributed by atoms with Crippen molar-refractivity contribution in [2.45, 2.75) is 25.8 Å². The summed E-state index contributed by atoms with van der Waals surface area (Å²) in [5, 5.41) is 10.8. The number of urea groups is 1. The lowest BCUT2D eigenvalue weighted by atomic mass is 10.2. The van der Waals surface area contributed by atoms with Crippen LogP contribution < -0.4 is 21.3 Å². The largest absolute Gasteiger partial charge is 0.349 e. The highest BCUT2D eigenvalue weighted by molar-refractivity contribution is 5.98. The number of benzene rings is 2. The Morgan fingerprint density at radius 2 is 1.70 bits per heavy atom. The number of rotatable bonds is 6. The van der Waals surface area contributed by atoms with Gasteiger partial charge in [-0.15, -0.1) is 0 Å². The first-order chi connectivity index (χ1) is 13.0. The lowest BCUT2D eigenvalue weighted by molar-refractivity contribution is -0.115. The molecule has 0 radical (unpaired) electrons. The number of amides is 4. The van der Waals surface area contributed by atoms with Gasteiger partial charge in [0.1, 0.15) is 0 Å². The molecule has 0 bridgehead atoms. The lowest BCUT2D eigenvalue weighted by Crippen LogP contribution is -2.35. The average Bonchev–Trinajstić information content (AvgIpc) is 3.44. The van der Waals surface area contributed by atoms with Crippen molar-refractivity contribution >= 4 is 29.2 Å². The number of anilines is 2. The first-order valence-electron chi connectivity index (χ1n) is 8.82. The van der Waals surface area contributed by atoms with Crippen molar-refractivity contribution in [1.82, 2.24) is 10.6 Å². The molecule has 7 heteroatoms. The minimum Gasteiger partial charge on any atom is -0.349 e. The van der Waals surface area contributed by atoms with E-state index in [-0.39, 0.29) is 18.4 Å². The topological polar surface area (TPSA) is 99.3 Å². The molecule has 3 rings (SSSR count). The van der Waals surface area contributed by atoms with E-state index in [2.05, 4.69) is 21.3 Å². The van der Waals surface area contributed by atoms with E-state index in [0.717, 1.165) is 18.4 Å². The fraction of sp³-hybridized carbons (Fsp3) is 0.250. The van der Waals surface area contributed by atoms with Gasteiger partial charge in [0.25, 0.3) is 5.91 Å². The number of nitrogens with one attached hydrogen (secondary N) is 4. The van der Waals surface area contributed by atoms with Crippen molar-refractivity contribution in [3.05, 3.63) is 59.7 Å². The molecule has 27 heavy (non-hydrogen) atoms. The van der Waals surface area contributed by atoms with Gasteiger partial charge in [-0.05, 0) is 61.7 Å². The van der Waals surface area contributed by atoms with Gasteiger partial charge >= 0.3 is 6.03 Å². The summed E-state index contributed by atoms with van der Waals surface area (Å²) < 4.78 is 0. The standard InChI is InChI=1S/C20H22N4O3/c1-13-3-2-4-17(11-13)24-20(27)21-12-18(25)22-15-7-5-14(6-8-15)19(26)23-16-9-10-16/h2-8,11,16H,9-10,12H2,1H3,(H,22,25)(H,23,26)(H2,21,24,27). The number of aryl methyl sites for hydroxylation is 1. The van der Waals surface area contributed by atoms with Gasteiger partial charge in [0.15, 0.2) is 0 Å². The maximum absolute atomic E-state index is 12.0. The van der Waals surface area contributed by atoms with E-state index in [0.29, 0.717) is 23.0 Å². The van der Waals surface area contributed by atoms with Crippen LogP contribution in [-0.2, 0) is 4.79 Å². The first-order valence-corrected chi connectivity index (χ1v) is 8.82. The SMILES string of the molecule is Cc1cccc(NC(=O)NCC(=O)Nc2ccc(C(=O)NC3CC3)cc2)c1. The highest BCUT2D eigenvalue weighted by Gasteiger charge is 2.23. The molecular formula is C20H22N4O3. The maximum atomic E-state index is 12.0. The zero-order chi connectivity index (χ0) is 19.2. The van der Waals surface area contributed by atoms with Crippen LogP contribution in [0.4, 0.5) is 16.2 Å². The highest BCUT2D eigenvalue weighted by atomic mass is 16.2. The predicted octanol–water partition coefficient (Wildman–Crippen LogP) is 2.65. The fourth-order valence-corrected chi connectivity index (χ4v) is 2.47. The average molecular weight is 366 g/mol. The molecule has 1 saturated carbocycles. The highest BCUT2D eigenvalue weighted by Crippen LogP contribution is 2.19. The van der Waals surface area contributed by atoms with Crippen LogP contribution in [0.15, 0.2) is 48.5 Å². The minimum absolute atomic E-state index is 0.107. The van der Waals surface area contributed by atoms with Gasteiger partial charge in [-0.25, -0.2) is 4.79 Å². The van der Waals surface area contributed by atoms with Crippen LogP contribution in [-0.4, -0.2) is 30.4 Å². The van der Waals surface area contributed by atoms with E-state index in [1.54, 1.807) is 30.3 Å². The van der Waals surface area contributed by atoms with Gasteiger partial charge in [0.2, 0.25) is 5.91 Å². The van der Waals surface area contributed by atoms with Crippen LogP contribution in [0, 0.1) is 6.92 Å². The second-order valence-corrected chi connectivity index (χ2v) is 6.55. The predicted molar refractivity (Wildman–Crippen MR) is 104 cm³/mol. The summed E-state index contributed by atoms with van der Waals surface area (Å²) >= 11 is 0. The summed E-state index contributed by atoms with van der Waals surface area (Å²) in [6.45, 7) is 1.76. The Hall–Kier alpha value is -3.35. The monoisotopic (exact) mass is 366 g/mol. The number of carbonyl (C=O) groups excluding carboxylic acids is 3. The smallest absolute Gasteiger partial charge is 0.319 e. The van der Waals surface area contributed by atoms with Crippen LogP contribution in [0.3, 0.4) is 0 Å². The summed E-state index contributed by atoms with van der Waals surface area (Å²) in [6.07, 6.45) is 2.06. The molecule has 2 aromatic rings. The molecule has 2 aromatic carbocycles. The molecule has 0 heterocycles. The van der Waals surface area contributed by atoms with Crippen LogP contribution in [0.25, 0.3) is 0 Å². The molecule has 0 aliphatic heterocycles. The Bertz CT molecular complexity index is 845. The normalized spacial score (nSPS) is 12.8. The molecule has 1 aliphatic carbocycles. The third-order valence-electron chi connectivity index (χ3n) is 4.03. The van der Waals surface area contributed by atoms with Crippen LogP contribution >= 0.6 is 0 Å². The summed E-state index contributed by atoms with van der Waals surface area (Å²) in [7, 11) is 0. The second kappa shape index (κ2) is 8.35. The van der Waals surface area contributed by atoms with Crippen LogP contribution in [0.1, 0.15) is 28.8 Å². The summed E-state index contributed by atoms with van der Waals surface area (Å²) in [5.41, 5.74) is 2.80. The zero-order valence-electron chi connectivity index (χ0n) is 15.0. The van der Waals surface area contributed by atoms with Gasteiger partial charge in [-0.2, -0.15) is 0 Å². The van der Waals surface area contributed by atoms with Crippen molar-refractivity contribution in [2.24, 2.45) is 0 Å². The van der Waals surface area contributed by atoms with E-state index in [4.69, 9.17) is 0 Å². The van der Waals surface area contributed by atoms with Gasteiger partial charge in [0, 0.05) is 23.0 Å². The molecule has 0 aromatic heterocycles. The molecule has 0 unspecified atom stereocenters. The van der Waals surface area contributed by atoms with Crippen molar-refractivity contribution in [1.29, 1.82) is 0 Å². The summed E-state index contributed by atoms with van der Waals surface area (Å²) in [5.74, 6) is -0.463. The molecule has 140 valence electrons. The lowest BCUT2D eigenvalue weighted by Gasteiger charge is -2.09. The zero-order valence-corrected chi connectivity index (χ0v) is 15.0. The Labute approximate surface area is 157 Å². The Balaban J connectivity index is 1.43. The van der Waals surface area contributed by atoms with Crippen molar-refractivity contribution in [3.8, 4) is 0 Å². The van der Waals surface area contributed by atoms with Gasteiger partial charge in [0.05, 0.1) is 6.54 Å². The Morgan fingerprint density at radius 1 is 0.963 bits per heavy atom. The summed E-state index contributed by atoms with van der Waals surface area (Å²) in [6, 6.07) is 13.9. The van der Waals surface area contributed by atoms with E-state index >= 15 is 0 Å². The first kappa shape index (κ1) is 18.4. The molecule has 4 N–H and O–H groups in total. The van der Waals surface area contributed by atoms with Gasteiger partial charge < -0.3 is 21.3 Å². The van der Waals surface area contributed by atoms with E-state index < -0.39 is 6.03 Å². The van der Waals surface area contributed by atoms with Crippen molar-refractivity contribution < 1.29 is 14.4 Å². The van der Waals surface area contributed by atoms with E-state index in [1.807, 2.05) is 25.1 Å². The van der Waals surface area contributed by atoms with Crippen molar-refractivity contribution in [2.75, 3.05) is 17.2 Å². The Kier molecular flexibility index (Phi) is 5.71. The second-order valence-electron chi connectivity index (χ2n) is 6.55. The molecule has 0 atom stereocenters. The number of hydrogen-bond acceptors (Lipinski definition) is 3. The van der Waals surface area contributed by atoms with Crippen molar-refractivity contribution in [3.63, 3.8) is 0 Å². The third kappa shape index (κ3) is 5.85. The number of hydrogen-bond donors (Lipinski definition) is 4. The molecule has 1 aliphatic rings. The molecule has 4 amide bonds. The molecule has 0 saturated heterocycles. The third-order valence-corrected chi connectivity index (χ3v) is 4.03. The quantitative estimate of drug-likeness (QED) is 0.632. The fourth-order valence-electron chi connectivity index (χ4n) is 2.47. The van der Waals surface area contributed by atoms with Gasteiger partial charge in [-0.3, -0.25) is 9.59 Å². The maximum Gasteiger partial charge on any atom is 0.319 e. The van der Waals surface area contributed by atoms with E-state index in [9.17, 15) is 14.4 Å². The van der Waals surface area contributed by atoms with Crippen LogP contribution in [0.5, 0.6) is 0 Å². The minimum atomic E-state index is -0.456. The molecule has 7 nitrogen and oxygen atoms in total. The van der Waals surface area contributed by atoms with E-state index in [1.165, 1.54) is 0 Å². The Morgan fingerprint density at radius 3 is 2.37 bits per heavy atom. The van der Waals surface area contributed by atoms with Gasteiger partial charge in [-0.1, -0.05) is 12.1 Å². The molecule has 1 fully saturated rings. The van der Waals surface area contributed by atoms with Crippen LogP contribution in [0.2, 0.25) is 0 Å². The molecular weight excluding hydrogens is 344 g/mol.